The van der Waals surface area contributed by atoms with Gasteiger partial charge in [0.15, 0.2) is 5.11 Å². The van der Waals surface area contributed by atoms with E-state index in [1.807, 2.05) is 31.2 Å². The van der Waals surface area contributed by atoms with Crippen molar-refractivity contribution < 1.29 is 4.74 Å². The van der Waals surface area contributed by atoms with Crippen molar-refractivity contribution in [3.8, 4) is 5.75 Å². The Morgan fingerprint density at radius 1 is 1.32 bits per heavy atom. The van der Waals surface area contributed by atoms with Crippen molar-refractivity contribution in [2.75, 3.05) is 6.61 Å². The molecule has 3 rings (SSSR count). The van der Waals surface area contributed by atoms with Crippen molar-refractivity contribution in [3.05, 3.63) is 29.8 Å². The van der Waals surface area contributed by atoms with Crippen LogP contribution in [0.1, 0.15) is 38.2 Å². The first-order chi connectivity index (χ1) is 10.7. The highest BCUT2D eigenvalue weighted by molar-refractivity contribution is 7.80. The molecule has 2 aliphatic rings. The number of hydrogen-bond acceptors (Lipinski definition) is 3. The van der Waals surface area contributed by atoms with Gasteiger partial charge in [0.05, 0.1) is 12.8 Å². The summed E-state index contributed by atoms with van der Waals surface area (Å²) in [6.07, 6.45) is 7.15. The Kier molecular flexibility index (Phi) is 4.93. The SMILES string of the molecule is CCOc1ccc(/C=N\NC(=S)N[C@H]2C[C@@H]3CC[C@@H]2C3)cc1. The van der Waals surface area contributed by atoms with E-state index in [1.54, 1.807) is 6.21 Å². The Hall–Kier alpha value is -1.62. The number of fused-ring (bicyclic) bond motifs is 2. The molecule has 5 heteroatoms. The van der Waals surface area contributed by atoms with E-state index in [4.69, 9.17) is 17.0 Å². The smallest absolute Gasteiger partial charge is 0.187 e. The normalized spacial score (nSPS) is 26.3. The van der Waals surface area contributed by atoms with Crippen LogP contribution in [0.25, 0.3) is 0 Å². The van der Waals surface area contributed by atoms with E-state index < -0.39 is 0 Å². The summed E-state index contributed by atoms with van der Waals surface area (Å²) < 4.78 is 5.41. The Balaban J connectivity index is 1.44. The maximum Gasteiger partial charge on any atom is 0.187 e. The predicted molar refractivity (Wildman–Crippen MR) is 93.3 cm³/mol. The highest BCUT2D eigenvalue weighted by Gasteiger charge is 2.39. The molecule has 22 heavy (non-hydrogen) atoms. The molecule has 2 bridgehead atoms. The Morgan fingerprint density at radius 3 is 2.77 bits per heavy atom. The summed E-state index contributed by atoms with van der Waals surface area (Å²) in [5.74, 6) is 2.60. The molecule has 0 radical (unpaired) electrons. The van der Waals surface area contributed by atoms with Crippen LogP contribution in [0.2, 0.25) is 0 Å². The summed E-state index contributed by atoms with van der Waals surface area (Å²) in [6.45, 7) is 2.65. The van der Waals surface area contributed by atoms with Crippen LogP contribution in [-0.2, 0) is 0 Å². The molecule has 2 fully saturated rings. The molecule has 2 aliphatic carbocycles. The monoisotopic (exact) mass is 317 g/mol. The van der Waals surface area contributed by atoms with Gasteiger partial charge in [-0.25, -0.2) is 0 Å². The second-order valence-corrected chi connectivity index (χ2v) is 6.54. The number of thiocarbonyl (C=S) groups is 1. The van der Waals surface area contributed by atoms with E-state index in [0.717, 1.165) is 23.1 Å². The Morgan fingerprint density at radius 2 is 2.14 bits per heavy atom. The molecule has 0 saturated heterocycles. The molecule has 2 N–H and O–H groups in total. The van der Waals surface area contributed by atoms with Crippen LogP contribution in [0.5, 0.6) is 5.75 Å². The molecule has 118 valence electrons. The van der Waals surface area contributed by atoms with Gasteiger partial charge in [-0.3, -0.25) is 5.43 Å². The van der Waals surface area contributed by atoms with Gasteiger partial charge in [-0.1, -0.05) is 6.42 Å². The molecule has 2 saturated carbocycles. The Labute approximate surface area is 137 Å². The second-order valence-electron chi connectivity index (χ2n) is 6.13. The minimum absolute atomic E-state index is 0.541. The number of hydrazone groups is 1. The van der Waals surface area contributed by atoms with Gasteiger partial charge in [0.1, 0.15) is 5.75 Å². The zero-order chi connectivity index (χ0) is 15.4. The summed E-state index contributed by atoms with van der Waals surface area (Å²) in [5.41, 5.74) is 3.93. The average molecular weight is 317 g/mol. The van der Waals surface area contributed by atoms with Crippen LogP contribution >= 0.6 is 12.2 Å². The molecule has 0 aromatic heterocycles. The molecular formula is C17H23N3OS. The lowest BCUT2D eigenvalue weighted by Crippen LogP contribution is -2.42. The van der Waals surface area contributed by atoms with E-state index in [-0.39, 0.29) is 0 Å². The van der Waals surface area contributed by atoms with Crippen molar-refractivity contribution in [1.29, 1.82) is 0 Å². The fraction of sp³-hybridized carbons (Fsp3) is 0.529. The number of ether oxygens (including phenoxy) is 1. The number of nitrogens with one attached hydrogen (secondary N) is 2. The zero-order valence-electron chi connectivity index (χ0n) is 12.9. The van der Waals surface area contributed by atoms with Gasteiger partial charge in [-0.2, -0.15) is 5.10 Å². The molecule has 4 nitrogen and oxygen atoms in total. The Bertz CT molecular complexity index is 543. The third kappa shape index (κ3) is 3.77. The van der Waals surface area contributed by atoms with E-state index in [9.17, 15) is 0 Å². The molecule has 0 unspecified atom stereocenters. The summed E-state index contributed by atoms with van der Waals surface area (Å²) in [7, 11) is 0. The summed E-state index contributed by atoms with van der Waals surface area (Å²) in [6, 6.07) is 8.37. The van der Waals surface area contributed by atoms with Gasteiger partial charge in [-0.05, 0) is 80.1 Å². The third-order valence-electron chi connectivity index (χ3n) is 4.63. The lowest BCUT2D eigenvalue weighted by atomic mass is 9.96. The average Bonchev–Trinajstić information content (AvgIpc) is 3.12. The molecule has 0 aliphatic heterocycles. The fourth-order valence-corrected chi connectivity index (χ4v) is 3.81. The van der Waals surface area contributed by atoms with Crippen molar-refractivity contribution in [1.82, 2.24) is 10.7 Å². The van der Waals surface area contributed by atoms with Crippen LogP contribution in [-0.4, -0.2) is 24.0 Å². The van der Waals surface area contributed by atoms with Gasteiger partial charge in [0.2, 0.25) is 0 Å². The molecule has 0 spiro atoms. The van der Waals surface area contributed by atoms with E-state index in [0.29, 0.717) is 17.8 Å². The molecule has 3 atom stereocenters. The van der Waals surface area contributed by atoms with Gasteiger partial charge < -0.3 is 10.1 Å². The fourth-order valence-electron chi connectivity index (χ4n) is 3.60. The van der Waals surface area contributed by atoms with E-state index in [1.165, 1.54) is 25.7 Å². The lowest BCUT2D eigenvalue weighted by molar-refractivity contribution is 0.340. The molecule has 0 amide bonds. The van der Waals surface area contributed by atoms with Gasteiger partial charge in [0, 0.05) is 6.04 Å². The lowest BCUT2D eigenvalue weighted by Gasteiger charge is -2.23. The van der Waals surface area contributed by atoms with Crippen LogP contribution in [0.3, 0.4) is 0 Å². The first-order valence-electron chi connectivity index (χ1n) is 8.07. The quantitative estimate of drug-likeness (QED) is 0.498. The zero-order valence-corrected chi connectivity index (χ0v) is 13.7. The van der Waals surface area contributed by atoms with Crippen molar-refractivity contribution in [3.63, 3.8) is 0 Å². The maximum absolute atomic E-state index is 5.41. The van der Waals surface area contributed by atoms with Gasteiger partial charge >= 0.3 is 0 Å². The highest BCUT2D eigenvalue weighted by Crippen LogP contribution is 2.44. The topological polar surface area (TPSA) is 45.6 Å². The minimum atomic E-state index is 0.541. The molecule has 1 aromatic rings. The summed E-state index contributed by atoms with van der Waals surface area (Å²) in [5, 5.41) is 8.24. The molecular weight excluding hydrogens is 294 g/mol. The number of nitrogens with zero attached hydrogens (tertiary/aromatic N) is 1. The first-order valence-corrected chi connectivity index (χ1v) is 8.48. The molecule has 0 heterocycles. The second kappa shape index (κ2) is 7.09. The van der Waals surface area contributed by atoms with E-state index >= 15 is 0 Å². The van der Waals surface area contributed by atoms with Crippen molar-refractivity contribution in [2.45, 2.75) is 38.6 Å². The van der Waals surface area contributed by atoms with Gasteiger partial charge in [-0.15, -0.1) is 0 Å². The molecule has 1 aromatic carbocycles. The van der Waals surface area contributed by atoms with Crippen molar-refractivity contribution in [2.24, 2.45) is 16.9 Å². The van der Waals surface area contributed by atoms with Crippen LogP contribution in [0, 0.1) is 11.8 Å². The maximum atomic E-state index is 5.41. The third-order valence-corrected chi connectivity index (χ3v) is 4.83. The van der Waals surface area contributed by atoms with Gasteiger partial charge in [0.25, 0.3) is 0 Å². The van der Waals surface area contributed by atoms with E-state index in [2.05, 4.69) is 15.8 Å². The van der Waals surface area contributed by atoms with Crippen LogP contribution in [0.15, 0.2) is 29.4 Å². The van der Waals surface area contributed by atoms with Crippen LogP contribution in [0.4, 0.5) is 0 Å². The minimum Gasteiger partial charge on any atom is -0.494 e. The largest absolute Gasteiger partial charge is 0.494 e. The summed E-state index contributed by atoms with van der Waals surface area (Å²) in [4.78, 5) is 0. The summed E-state index contributed by atoms with van der Waals surface area (Å²) >= 11 is 5.32. The highest BCUT2D eigenvalue weighted by atomic mass is 32.1. The number of benzene rings is 1. The standard InChI is InChI=1S/C17H23N3OS/c1-2-21-15-7-4-12(5-8-15)11-18-20-17(22)19-16-10-13-3-6-14(16)9-13/h4-5,7-8,11,13-14,16H,2-3,6,9-10H2,1H3,(H2,19,20,22)/b18-11-/t13-,14-,16+/m1/s1. The van der Waals surface area contributed by atoms with Crippen LogP contribution < -0.4 is 15.5 Å². The first kappa shape index (κ1) is 15.3. The number of rotatable bonds is 5. The van der Waals surface area contributed by atoms with Crippen molar-refractivity contribution >= 4 is 23.5 Å². The predicted octanol–water partition coefficient (Wildman–Crippen LogP) is 3.07. The number of hydrogen-bond donors (Lipinski definition) is 2.